The van der Waals surface area contributed by atoms with E-state index in [-0.39, 0.29) is 17.1 Å². The first-order valence-corrected chi connectivity index (χ1v) is 5.36. The van der Waals surface area contributed by atoms with Gasteiger partial charge in [-0.05, 0) is 29.8 Å². The van der Waals surface area contributed by atoms with Gasteiger partial charge in [0.05, 0.1) is 0 Å². The van der Waals surface area contributed by atoms with Crippen molar-refractivity contribution in [2.24, 2.45) is 0 Å². The molecule has 0 fully saturated rings. The number of benzene rings is 1. The summed E-state index contributed by atoms with van der Waals surface area (Å²) in [7, 11) is 0. The van der Waals surface area contributed by atoms with E-state index in [2.05, 4.69) is 30.9 Å². The minimum Gasteiger partial charge on any atom is -0.368 e. The quantitative estimate of drug-likeness (QED) is 0.879. The lowest BCUT2D eigenvalue weighted by Gasteiger charge is -2.04. The molecule has 7 heteroatoms. The summed E-state index contributed by atoms with van der Waals surface area (Å²) in [5.41, 5.74) is 5.90. The first-order valence-electron chi connectivity index (χ1n) is 4.19. The molecule has 0 aliphatic heterocycles. The number of rotatable bonds is 1. The second-order valence-corrected chi connectivity index (χ2v) is 4.10. The zero-order valence-corrected chi connectivity index (χ0v) is 10.1. The highest BCUT2D eigenvalue weighted by Gasteiger charge is 2.10. The van der Waals surface area contributed by atoms with Gasteiger partial charge in [-0.25, -0.2) is 4.39 Å². The van der Waals surface area contributed by atoms with E-state index in [0.717, 1.165) is 0 Å². The van der Waals surface area contributed by atoms with Crippen LogP contribution in [0.4, 0.5) is 10.3 Å². The molecule has 0 radical (unpaired) electrons. The molecule has 0 aliphatic carbocycles. The SMILES string of the molecule is Nc1nc(Cl)nc(-c2cc(F)ccc2Br)n1. The molecule has 1 heterocycles. The number of aromatic nitrogens is 3. The zero-order valence-electron chi connectivity index (χ0n) is 7.78. The molecule has 0 unspecified atom stereocenters. The smallest absolute Gasteiger partial charge is 0.227 e. The topological polar surface area (TPSA) is 64.7 Å². The molecule has 1 aromatic heterocycles. The Balaban J connectivity index is 2.62. The maximum Gasteiger partial charge on any atom is 0.227 e. The Morgan fingerprint density at radius 3 is 2.69 bits per heavy atom. The molecule has 0 saturated heterocycles. The molecule has 4 nitrogen and oxygen atoms in total. The lowest BCUT2D eigenvalue weighted by atomic mass is 10.2. The van der Waals surface area contributed by atoms with Crippen LogP contribution in [0.5, 0.6) is 0 Å². The van der Waals surface area contributed by atoms with Crippen molar-refractivity contribution in [2.75, 3.05) is 5.73 Å². The third kappa shape index (κ3) is 2.28. The van der Waals surface area contributed by atoms with Gasteiger partial charge in [0.15, 0.2) is 5.82 Å². The van der Waals surface area contributed by atoms with Gasteiger partial charge in [-0.3, -0.25) is 0 Å². The lowest BCUT2D eigenvalue weighted by Crippen LogP contribution is -2.00. The average molecular weight is 304 g/mol. The van der Waals surface area contributed by atoms with Crippen LogP contribution < -0.4 is 5.73 Å². The van der Waals surface area contributed by atoms with Gasteiger partial charge in [-0.2, -0.15) is 15.0 Å². The molecule has 0 atom stereocenters. The molecule has 82 valence electrons. The van der Waals surface area contributed by atoms with Crippen molar-refractivity contribution in [1.82, 2.24) is 15.0 Å². The monoisotopic (exact) mass is 302 g/mol. The lowest BCUT2D eigenvalue weighted by molar-refractivity contribution is 0.628. The summed E-state index contributed by atoms with van der Waals surface area (Å²) in [4.78, 5) is 11.4. The van der Waals surface area contributed by atoms with Gasteiger partial charge in [0, 0.05) is 10.0 Å². The van der Waals surface area contributed by atoms with Crippen molar-refractivity contribution < 1.29 is 4.39 Å². The molecule has 0 saturated carbocycles. The summed E-state index contributed by atoms with van der Waals surface area (Å²) in [6.07, 6.45) is 0. The fourth-order valence-corrected chi connectivity index (χ4v) is 1.75. The van der Waals surface area contributed by atoms with E-state index < -0.39 is 5.82 Å². The minimum absolute atomic E-state index is 0.00818. The van der Waals surface area contributed by atoms with Gasteiger partial charge in [0.1, 0.15) is 5.82 Å². The second kappa shape index (κ2) is 4.31. The van der Waals surface area contributed by atoms with Crippen molar-refractivity contribution in [3.63, 3.8) is 0 Å². The molecular weight excluding hydrogens is 298 g/mol. The Morgan fingerprint density at radius 2 is 2.00 bits per heavy atom. The largest absolute Gasteiger partial charge is 0.368 e. The first-order chi connectivity index (χ1) is 7.56. The summed E-state index contributed by atoms with van der Waals surface area (Å²) in [6.45, 7) is 0. The zero-order chi connectivity index (χ0) is 11.7. The number of hydrogen-bond acceptors (Lipinski definition) is 4. The molecular formula is C9H5BrClFN4. The molecule has 1 aromatic carbocycles. The summed E-state index contributed by atoms with van der Waals surface area (Å²) in [6, 6.07) is 4.16. The van der Waals surface area contributed by atoms with E-state index in [1.54, 1.807) is 6.07 Å². The highest BCUT2D eigenvalue weighted by Crippen LogP contribution is 2.27. The summed E-state index contributed by atoms with van der Waals surface area (Å²) >= 11 is 8.91. The molecule has 16 heavy (non-hydrogen) atoms. The van der Waals surface area contributed by atoms with Gasteiger partial charge in [0.2, 0.25) is 11.2 Å². The molecule has 0 aliphatic rings. The number of nitrogens with two attached hydrogens (primary N) is 1. The summed E-state index contributed by atoms with van der Waals surface area (Å²) < 4.78 is 13.7. The fraction of sp³-hybridized carbons (Fsp3) is 0. The molecule has 2 aromatic rings. The van der Waals surface area contributed by atoms with Gasteiger partial charge in [0.25, 0.3) is 0 Å². The van der Waals surface area contributed by atoms with Crippen molar-refractivity contribution >= 4 is 33.5 Å². The van der Waals surface area contributed by atoms with Crippen LogP contribution in [0.2, 0.25) is 5.28 Å². The van der Waals surface area contributed by atoms with Crippen molar-refractivity contribution in [2.45, 2.75) is 0 Å². The van der Waals surface area contributed by atoms with Crippen LogP contribution in [0.15, 0.2) is 22.7 Å². The maximum atomic E-state index is 13.1. The van der Waals surface area contributed by atoms with E-state index >= 15 is 0 Å². The van der Waals surface area contributed by atoms with Crippen molar-refractivity contribution in [3.05, 3.63) is 33.8 Å². The van der Waals surface area contributed by atoms with E-state index in [1.807, 2.05) is 0 Å². The number of nitrogen functional groups attached to an aromatic ring is 1. The normalized spacial score (nSPS) is 10.4. The van der Waals surface area contributed by atoms with Crippen LogP contribution in [-0.2, 0) is 0 Å². The van der Waals surface area contributed by atoms with E-state index in [1.165, 1.54) is 12.1 Å². The predicted octanol–water partition coefficient (Wildman–Crippen LogP) is 2.68. The van der Waals surface area contributed by atoms with Gasteiger partial charge in [-0.15, -0.1) is 0 Å². The van der Waals surface area contributed by atoms with Crippen LogP contribution in [0.1, 0.15) is 0 Å². The van der Waals surface area contributed by atoms with Gasteiger partial charge < -0.3 is 5.73 Å². The standard InChI is InChI=1S/C9H5BrClFN4/c10-6-2-1-4(12)3-5(6)7-14-8(11)16-9(13)15-7/h1-3H,(H2,13,14,15,16). The third-order valence-electron chi connectivity index (χ3n) is 1.79. The summed E-state index contributed by atoms with van der Waals surface area (Å²) in [5.74, 6) is -0.177. The van der Waals surface area contributed by atoms with Crippen molar-refractivity contribution in [1.29, 1.82) is 0 Å². The highest BCUT2D eigenvalue weighted by molar-refractivity contribution is 9.10. The molecule has 0 amide bonds. The highest BCUT2D eigenvalue weighted by atomic mass is 79.9. The molecule has 0 spiro atoms. The van der Waals surface area contributed by atoms with E-state index in [9.17, 15) is 4.39 Å². The Morgan fingerprint density at radius 1 is 1.25 bits per heavy atom. The predicted molar refractivity (Wildman–Crippen MR) is 62.3 cm³/mol. The number of nitrogens with zero attached hydrogens (tertiary/aromatic N) is 3. The number of hydrogen-bond donors (Lipinski definition) is 1. The van der Waals surface area contributed by atoms with Crippen LogP contribution in [-0.4, -0.2) is 15.0 Å². The molecule has 2 rings (SSSR count). The Hall–Kier alpha value is -1.27. The van der Waals surface area contributed by atoms with E-state index in [4.69, 9.17) is 17.3 Å². The Kier molecular flexibility index (Phi) is 3.02. The minimum atomic E-state index is -0.395. The first kappa shape index (κ1) is 11.2. The Labute approximate surface area is 104 Å². The third-order valence-corrected chi connectivity index (χ3v) is 2.66. The number of anilines is 1. The molecule has 2 N–H and O–H groups in total. The average Bonchev–Trinajstić information content (AvgIpc) is 2.20. The van der Waals surface area contributed by atoms with Crippen LogP contribution >= 0.6 is 27.5 Å². The van der Waals surface area contributed by atoms with Crippen LogP contribution in [0, 0.1) is 5.82 Å². The maximum absolute atomic E-state index is 13.1. The fourth-order valence-electron chi connectivity index (χ4n) is 1.15. The van der Waals surface area contributed by atoms with E-state index in [0.29, 0.717) is 10.0 Å². The van der Waals surface area contributed by atoms with Crippen LogP contribution in [0.25, 0.3) is 11.4 Å². The van der Waals surface area contributed by atoms with Crippen LogP contribution in [0.3, 0.4) is 0 Å². The van der Waals surface area contributed by atoms with Crippen molar-refractivity contribution in [3.8, 4) is 11.4 Å². The summed E-state index contributed by atoms with van der Waals surface area (Å²) in [5, 5.41) is -0.0290. The molecule has 0 bridgehead atoms. The van der Waals surface area contributed by atoms with Gasteiger partial charge >= 0.3 is 0 Å². The van der Waals surface area contributed by atoms with Gasteiger partial charge in [-0.1, -0.05) is 15.9 Å². The Bertz CT molecular complexity index is 529. The second-order valence-electron chi connectivity index (χ2n) is 2.91. The number of halogens is 3.